The van der Waals surface area contributed by atoms with Crippen molar-refractivity contribution < 1.29 is 22.3 Å². The molecule has 32 heavy (non-hydrogen) atoms. The van der Waals surface area contributed by atoms with E-state index in [1.165, 1.54) is 29.8 Å². The molecule has 0 atom stereocenters. The number of benzene rings is 2. The quantitative estimate of drug-likeness (QED) is 0.492. The number of pyridine rings is 1. The molecule has 3 nitrogen and oxygen atoms in total. The number of rotatable bonds is 6. The maximum Gasteiger partial charge on any atom is 0.416 e. The summed E-state index contributed by atoms with van der Waals surface area (Å²) in [4.78, 5) is 4.37. The zero-order chi connectivity index (χ0) is 22.6. The van der Waals surface area contributed by atoms with Gasteiger partial charge in [-0.15, -0.1) is 0 Å². The van der Waals surface area contributed by atoms with Gasteiger partial charge >= 0.3 is 6.18 Å². The van der Waals surface area contributed by atoms with Gasteiger partial charge < -0.3 is 10.1 Å². The first-order valence-corrected chi connectivity index (χ1v) is 10.5. The van der Waals surface area contributed by atoms with Gasteiger partial charge in [0.2, 0.25) is 0 Å². The van der Waals surface area contributed by atoms with E-state index in [1.807, 2.05) is 18.2 Å². The molecule has 1 aliphatic rings. The fourth-order valence-electron chi connectivity index (χ4n) is 4.16. The highest BCUT2D eigenvalue weighted by Crippen LogP contribution is 2.35. The van der Waals surface area contributed by atoms with Crippen LogP contribution in [0.5, 0.6) is 0 Å². The van der Waals surface area contributed by atoms with Crippen molar-refractivity contribution >= 4 is 0 Å². The summed E-state index contributed by atoms with van der Waals surface area (Å²) in [5, 5.41) is 3.35. The van der Waals surface area contributed by atoms with Gasteiger partial charge in [0.1, 0.15) is 5.82 Å². The van der Waals surface area contributed by atoms with Crippen molar-refractivity contribution in [2.75, 3.05) is 19.7 Å². The van der Waals surface area contributed by atoms with Crippen LogP contribution in [0.15, 0.2) is 66.7 Å². The number of hydrogen-bond acceptors (Lipinski definition) is 3. The number of piperidine rings is 1. The van der Waals surface area contributed by atoms with Gasteiger partial charge in [-0.1, -0.05) is 30.3 Å². The Balaban J connectivity index is 1.56. The number of alkyl halides is 3. The van der Waals surface area contributed by atoms with Crippen molar-refractivity contribution in [3.8, 4) is 11.3 Å². The van der Waals surface area contributed by atoms with Gasteiger partial charge in [0.15, 0.2) is 0 Å². The number of hydrogen-bond donors (Lipinski definition) is 1. The molecule has 1 aliphatic heterocycles. The molecule has 1 fully saturated rings. The van der Waals surface area contributed by atoms with Gasteiger partial charge in [0, 0.05) is 11.0 Å². The lowest BCUT2D eigenvalue weighted by Gasteiger charge is -2.38. The Bertz CT molecular complexity index is 1030. The molecule has 2 heterocycles. The lowest BCUT2D eigenvalue weighted by atomic mass is 9.74. The van der Waals surface area contributed by atoms with E-state index in [0.717, 1.165) is 38.1 Å². The molecule has 4 rings (SSSR count). The van der Waals surface area contributed by atoms with Crippen LogP contribution in [0.4, 0.5) is 17.6 Å². The molecule has 0 bridgehead atoms. The first-order chi connectivity index (χ1) is 15.4. The van der Waals surface area contributed by atoms with Crippen LogP contribution in [0.3, 0.4) is 0 Å². The zero-order valence-corrected chi connectivity index (χ0v) is 17.5. The highest BCUT2D eigenvalue weighted by Gasteiger charge is 2.35. The third-order valence-electron chi connectivity index (χ3n) is 5.92. The summed E-state index contributed by atoms with van der Waals surface area (Å²) in [6, 6.07) is 17.3. The SMILES string of the molecule is Fc1ccc(-c2cc(C(F)(F)F)cc(COCC3(c4ccccc4)CCNCC3)n2)cc1. The minimum atomic E-state index is -4.52. The maximum absolute atomic E-state index is 13.5. The topological polar surface area (TPSA) is 34.1 Å². The predicted molar refractivity (Wildman–Crippen MR) is 115 cm³/mol. The molecule has 0 radical (unpaired) electrons. The van der Waals surface area contributed by atoms with Crippen molar-refractivity contribution in [1.29, 1.82) is 0 Å². The minimum Gasteiger partial charge on any atom is -0.374 e. The summed E-state index contributed by atoms with van der Waals surface area (Å²) in [5.74, 6) is -0.461. The molecule has 1 aromatic heterocycles. The largest absolute Gasteiger partial charge is 0.416 e. The summed E-state index contributed by atoms with van der Waals surface area (Å²) < 4.78 is 59.7. The Kier molecular flexibility index (Phi) is 6.58. The Morgan fingerprint density at radius 2 is 1.62 bits per heavy atom. The van der Waals surface area contributed by atoms with Crippen LogP contribution in [0.25, 0.3) is 11.3 Å². The summed E-state index contributed by atoms with van der Waals surface area (Å²) in [6.07, 6.45) is -2.76. The zero-order valence-electron chi connectivity index (χ0n) is 17.5. The summed E-state index contributed by atoms with van der Waals surface area (Å²) >= 11 is 0. The third-order valence-corrected chi connectivity index (χ3v) is 5.92. The first-order valence-electron chi connectivity index (χ1n) is 10.5. The molecule has 3 aromatic rings. The van der Waals surface area contributed by atoms with E-state index < -0.39 is 17.6 Å². The normalized spacial score (nSPS) is 16.1. The maximum atomic E-state index is 13.5. The van der Waals surface area contributed by atoms with E-state index in [9.17, 15) is 17.6 Å². The molecule has 168 valence electrons. The third kappa shape index (κ3) is 5.16. The highest BCUT2D eigenvalue weighted by molar-refractivity contribution is 5.60. The van der Waals surface area contributed by atoms with E-state index in [4.69, 9.17) is 4.74 Å². The van der Waals surface area contributed by atoms with Gasteiger partial charge in [-0.3, -0.25) is 4.98 Å². The molecule has 0 amide bonds. The van der Waals surface area contributed by atoms with E-state index in [1.54, 1.807) is 0 Å². The van der Waals surface area contributed by atoms with Crippen molar-refractivity contribution in [1.82, 2.24) is 10.3 Å². The average molecular weight is 444 g/mol. The molecule has 1 N–H and O–H groups in total. The molecule has 0 saturated carbocycles. The second-order valence-corrected chi connectivity index (χ2v) is 8.13. The molecule has 0 aliphatic carbocycles. The van der Waals surface area contributed by atoms with Crippen LogP contribution in [-0.4, -0.2) is 24.7 Å². The minimum absolute atomic E-state index is 0.0415. The average Bonchev–Trinajstić information content (AvgIpc) is 2.80. The molecular weight excluding hydrogens is 420 g/mol. The molecule has 0 spiro atoms. The summed E-state index contributed by atoms with van der Waals surface area (Å²) in [5.41, 5.74) is 0.927. The lowest BCUT2D eigenvalue weighted by molar-refractivity contribution is -0.137. The van der Waals surface area contributed by atoms with Crippen LogP contribution in [-0.2, 0) is 22.9 Å². The van der Waals surface area contributed by atoms with Gasteiger partial charge in [0.05, 0.1) is 30.2 Å². The van der Waals surface area contributed by atoms with E-state index in [0.29, 0.717) is 12.2 Å². The molecular formula is C25H24F4N2O. The van der Waals surface area contributed by atoms with Crippen molar-refractivity contribution in [2.45, 2.75) is 31.0 Å². The number of nitrogens with zero attached hydrogens (tertiary/aromatic N) is 1. The molecule has 2 aromatic carbocycles. The second kappa shape index (κ2) is 9.38. The molecule has 0 unspecified atom stereocenters. The summed E-state index contributed by atoms with van der Waals surface area (Å²) in [7, 11) is 0. The monoisotopic (exact) mass is 444 g/mol. The van der Waals surface area contributed by atoms with Crippen molar-refractivity contribution in [2.24, 2.45) is 0 Å². The van der Waals surface area contributed by atoms with Crippen LogP contribution < -0.4 is 5.32 Å². The fourth-order valence-corrected chi connectivity index (χ4v) is 4.16. The molecule has 1 saturated heterocycles. The van der Waals surface area contributed by atoms with E-state index >= 15 is 0 Å². The number of halogens is 4. The predicted octanol–water partition coefficient (Wildman–Crippen LogP) is 5.74. The van der Waals surface area contributed by atoms with Crippen molar-refractivity contribution in [3.63, 3.8) is 0 Å². The Morgan fingerprint density at radius 1 is 0.938 bits per heavy atom. The Labute approximate surface area is 184 Å². The lowest BCUT2D eigenvalue weighted by Crippen LogP contribution is -2.43. The Morgan fingerprint density at radius 3 is 2.28 bits per heavy atom. The van der Waals surface area contributed by atoms with Crippen LogP contribution in [0.2, 0.25) is 0 Å². The van der Waals surface area contributed by atoms with Crippen LogP contribution in [0.1, 0.15) is 29.7 Å². The number of aromatic nitrogens is 1. The smallest absolute Gasteiger partial charge is 0.374 e. The van der Waals surface area contributed by atoms with Crippen molar-refractivity contribution in [3.05, 3.63) is 89.4 Å². The first kappa shape index (κ1) is 22.4. The van der Waals surface area contributed by atoms with Crippen LogP contribution >= 0.6 is 0 Å². The summed E-state index contributed by atoms with van der Waals surface area (Å²) in [6.45, 7) is 2.06. The highest BCUT2D eigenvalue weighted by atomic mass is 19.4. The number of ether oxygens (including phenoxy) is 1. The molecule has 7 heteroatoms. The van der Waals surface area contributed by atoms with E-state index in [2.05, 4.69) is 22.4 Å². The van der Waals surface area contributed by atoms with Gasteiger partial charge in [0.25, 0.3) is 0 Å². The van der Waals surface area contributed by atoms with Gasteiger partial charge in [-0.25, -0.2) is 4.39 Å². The Hall–Kier alpha value is -2.77. The second-order valence-electron chi connectivity index (χ2n) is 8.13. The number of nitrogens with one attached hydrogen (secondary N) is 1. The standard InChI is InChI=1S/C25H24F4N2O/c26-21-8-6-18(7-9-21)23-15-20(25(27,28)29)14-22(31-23)16-32-17-24(10-12-30-13-11-24)19-4-2-1-3-5-19/h1-9,14-15,30H,10-13,16-17H2. The van der Waals surface area contributed by atoms with Gasteiger partial charge in [-0.2, -0.15) is 13.2 Å². The van der Waals surface area contributed by atoms with Gasteiger partial charge in [-0.05, 0) is 67.9 Å². The van der Waals surface area contributed by atoms with Crippen LogP contribution in [0, 0.1) is 5.82 Å². The van der Waals surface area contributed by atoms with E-state index in [-0.39, 0.29) is 23.4 Å². The fraction of sp³-hybridized carbons (Fsp3) is 0.320.